The van der Waals surface area contributed by atoms with E-state index in [0.717, 1.165) is 29.4 Å². The highest BCUT2D eigenvalue weighted by molar-refractivity contribution is 6.29. The molecule has 1 saturated carbocycles. The number of pyridine rings is 1. The first-order valence-corrected chi connectivity index (χ1v) is 6.14. The van der Waals surface area contributed by atoms with E-state index in [4.69, 9.17) is 17.3 Å². The Morgan fingerprint density at radius 3 is 2.88 bits per heavy atom. The largest absolute Gasteiger partial charge is 0.329 e. The maximum absolute atomic E-state index is 13.4. The monoisotopic (exact) mass is 253 g/mol. The summed E-state index contributed by atoms with van der Waals surface area (Å²) >= 11 is 5.75. The van der Waals surface area contributed by atoms with Gasteiger partial charge >= 0.3 is 0 Å². The SMILES string of the molecule is NCc1cn(C2CCC2)c2nc(Cl)c(F)cc12. The van der Waals surface area contributed by atoms with E-state index < -0.39 is 5.82 Å². The number of fused-ring (bicyclic) bond motifs is 1. The Balaban J connectivity index is 2.25. The first-order chi connectivity index (χ1) is 8.20. The molecular weight excluding hydrogens is 241 g/mol. The van der Waals surface area contributed by atoms with Crippen LogP contribution in [0.15, 0.2) is 12.3 Å². The van der Waals surface area contributed by atoms with E-state index in [0.29, 0.717) is 12.6 Å². The summed E-state index contributed by atoms with van der Waals surface area (Å²) in [6, 6.07) is 1.90. The molecule has 0 unspecified atom stereocenters. The molecule has 0 bridgehead atoms. The topological polar surface area (TPSA) is 43.8 Å². The van der Waals surface area contributed by atoms with Crippen molar-refractivity contribution in [2.75, 3.05) is 0 Å². The van der Waals surface area contributed by atoms with Gasteiger partial charge in [-0.15, -0.1) is 0 Å². The van der Waals surface area contributed by atoms with E-state index in [9.17, 15) is 4.39 Å². The van der Waals surface area contributed by atoms with Gasteiger partial charge in [-0.3, -0.25) is 0 Å². The van der Waals surface area contributed by atoms with E-state index >= 15 is 0 Å². The molecule has 5 heteroatoms. The minimum atomic E-state index is -0.486. The Bertz CT molecular complexity index is 575. The first-order valence-electron chi connectivity index (χ1n) is 5.76. The normalized spacial score (nSPS) is 16.4. The molecular formula is C12H13ClFN3. The number of hydrogen-bond donors (Lipinski definition) is 1. The van der Waals surface area contributed by atoms with E-state index in [2.05, 4.69) is 9.55 Å². The van der Waals surface area contributed by atoms with Gasteiger partial charge in [0.05, 0.1) is 0 Å². The standard InChI is InChI=1S/C12H13ClFN3/c13-11-10(14)4-9-7(5-15)6-17(12(9)16-11)8-2-1-3-8/h4,6,8H,1-3,5,15H2. The molecule has 0 aliphatic heterocycles. The van der Waals surface area contributed by atoms with Gasteiger partial charge in [-0.25, -0.2) is 9.37 Å². The van der Waals surface area contributed by atoms with Gasteiger partial charge in [-0.2, -0.15) is 0 Å². The maximum atomic E-state index is 13.4. The second-order valence-electron chi connectivity index (χ2n) is 4.48. The van der Waals surface area contributed by atoms with Crippen molar-refractivity contribution in [2.24, 2.45) is 5.73 Å². The number of halogens is 2. The van der Waals surface area contributed by atoms with Crippen LogP contribution in [-0.4, -0.2) is 9.55 Å². The first kappa shape index (κ1) is 11.0. The summed E-state index contributed by atoms with van der Waals surface area (Å²) in [7, 11) is 0. The Morgan fingerprint density at radius 2 is 2.29 bits per heavy atom. The van der Waals surface area contributed by atoms with Crippen LogP contribution < -0.4 is 5.73 Å². The second-order valence-corrected chi connectivity index (χ2v) is 4.84. The van der Waals surface area contributed by atoms with Crippen molar-refractivity contribution < 1.29 is 4.39 Å². The van der Waals surface area contributed by atoms with Crippen LogP contribution in [0.2, 0.25) is 5.15 Å². The van der Waals surface area contributed by atoms with Crippen molar-refractivity contribution in [1.29, 1.82) is 0 Å². The Labute approximate surface area is 103 Å². The minimum Gasteiger partial charge on any atom is -0.329 e. The van der Waals surface area contributed by atoms with Crippen molar-refractivity contribution in [1.82, 2.24) is 9.55 Å². The molecule has 3 rings (SSSR count). The Morgan fingerprint density at radius 1 is 1.53 bits per heavy atom. The molecule has 90 valence electrons. The van der Waals surface area contributed by atoms with E-state index in [-0.39, 0.29) is 5.15 Å². The van der Waals surface area contributed by atoms with Gasteiger partial charge in [0.25, 0.3) is 0 Å². The third-order valence-electron chi connectivity index (χ3n) is 3.49. The molecule has 2 heterocycles. The predicted molar refractivity (Wildman–Crippen MR) is 65.5 cm³/mol. The van der Waals surface area contributed by atoms with Gasteiger partial charge < -0.3 is 10.3 Å². The maximum Gasteiger partial charge on any atom is 0.167 e. The van der Waals surface area contributed by atoms with Crippen LogP contribution in [0.4, 0.5) is 4.39 Å². The van der Waals surface area contributed by atoms with Crippen LogP contribution in [-0.2, 0) is 6.54 Å². The van der Waals surface area contributed by atoms with Gasteiger partial charge in [0.2, 0.25) is 0 Å². The van der Waals surface area contributed by atoms with Crippen LogP contribution in [0.25, 0.3) is 11.0 Å². The highest BCUT2D eigenvalue weighted by Gasteiger charge is 2.23. The number of aromatic nitrogens is 2. The van der Waals surface area contributed by atoms with Gasteiger partial charge in [-0.1, -0.05) is 11.6 Å². The molecule has 0 aromatic carbocycles. The van der Waals surface area contributed by atoms with Gasteiger partial charge in [-0.05, 0) is 30.9 Å². The smallest absolute Gasteiger partial charge is 0.167 e. The molecule has 1 fully saturated rings. The van der Waals surface area contributed by atoms with Crippen molar-refractivity contribution in [3.8, 4) is 0 Å². The molecule has 17 heavy (non-hydrogen) atoms. The van der Waals surface area contributed by atoms with Crippen LogP contribution in [0.1, 0.15) is 30.9 Å². The molecule has 2 aromatic rings. The van der Waals surface area contributed by atoms with Gasteiger partial charge in [0.1, 0.15) is 5.65 Å². The van der Waals surface area contributed by atoms with Crippen molar-refractivity contribution in [3.63, 3.8) is 0 Å². The fraction of sp³-hybridized carbons (Fsp3) is 0.417. The summed E-state index contributed by atoms with van der Waals surface area (Å²) in [5.41, 5.74) is 7.36. The zero-order valence-electron chi connectivity index (χ0n) is 9.29. The molecule has 1 aliphatic rings. The Hall–Kier alpha value is -1.13. The highest BCUT2D eigenvalue weighted by atomic mass is 35.5. The molecule has 2 aromatic heterocycles. The summed E-state index contributed by atoms with van der Waals surface area (Å²) < 4.78 is 15.5. The van der Waals surface area contributed by atoms with Crippen LogP contribution in [0.3, 0.4) is 0 Å². The van der Waals surface area contributed by atoms with Gasteiger partial charge in [0, 0.05) is 24.2 Å². The highest BCUT2D eigenvalue weighted by Crippen LogP contribution is 2.36. The summed E-state index contributed by atoms with van der Waals surface area (Å²) in [6.07, 6.45) is 5.50. The number of hydrogen-bond acceptors (Lipinski definition) is 2. The third kappa shape index (κ3) is 1.63. The second kappa shape index (κ2) is 3.96. The molecule has 3 nitrogen and oxygen atoms in total. The summed E-state index contributed by atoms with van der Waals surface area (Å²) in [6.45, 7) is 0.388. The van der Waals surface area contributed by atoms with Crippen molar-refractivity contribution in [3.05, 3.63) is 28.8 Å². The quantitative estimate of drug-likeness (QED) is 0.836. The van der Waals surface area contributed by atoms with Crippen molar-refractivity contribution >= 4 is 22.6 Å². The lowest BCUT2D eigenvalue weighted by molar-refractivity contribution is 0.320. The lowest BCUT2D eigenvalue weighted by Crippen LogP contribution is -2.16. The molecule has 0 radical (unpaired) electrons. The fourth-order valence-corrected chi connectivity index (χ4v) is 2.43. The number of rotatable bonds is 2. The molecule has 0 spiro atoms. The molecule has 1 aliphatic carbocycles. The lowest BCUT2D eigenvalue weighted by Gasteiger charge is -2.27. The number of nitrogens with zero attached hydrogens (tertiary/aromatic N) is 2. The summed E-state index contributed by atoms with van der Waals surface area (Å²) in [5, 5.41) is 0.709. The lowest BCUT2D eigenvalue weighted by atomic mass is 9.93. The zero-order valence-corrected chi connectivity index (χ0v) is 10.0. The average Bonchev–Trinajstić information content (AvgIpc) is 2.56. The molecule has 0 amide bonds. The Kier molecular flexibility index (Phi) is 2.56. The minimum absolute atomic E-state index is 0.0697. The van der Waals surface area contributed by atoms with E-state index in [1.807, 2.05) is 6.20 Å². The third-order valence-corrected chi connectivity index (χ3v) is 3.75. The van der Waals surface area contributed by atoms with Crippen LogP contribution >= 0.6 is 11.6 Å². The van der Waals surface area contributed by atoms with E-state index in [1.165, 1.54) is 12.5 Å². The molecule has 0 atom stereocenters. The van der Waals surface area contributed by atoms with Gasteiger partial charge in [0.15, 0.2) is 11.0 Å². The average molecular weight is 254 g/mol. The van der Waals surface area contributed by atoms with E-state index in [1.54, 1.807) is 0 Å². The van der Waals surface area contributed by atoms with Crippen molar-refractivity contribution in [2.45, 2.75) is 31.8 Å². The zero-order chi connectivity index (χ0) is 12.0. The molecule has 0 saturated heterocycles. The fourth-order valence-electron chi connectivity index (χ4n) is 2.30. The summed E-state index contributed by atoms with van der Waals surface area (Å²) in [5.74, 6) is -0.486. The predicted octanol–water partition coefficient (Wildman–Crippen LogP) is 3.01. The molecule has 2 N–H and O–H groups in total. The van der Waals surface area contributed by atoms with Crippen LogP contribution in [0.5, 0.6) is 0 Å². The van der Waals surface area contributed by atoms with Crippen LogP contribution in [0, 0.1) is 5.82 Å². The summed E-state index contributed by atoms with van der Waals surface area (Å²) in [4.78, 5) is 4.14. The number of nitrogens with two attached hydrogens (primary N) is 1.